The summed E-state index contributed by atoms with van der Waals surface area (Å²) in [4.78, 5) is 4.50. The lowest BCUT2D eigenvalue weighted by Gasteiger charge is -2.07. The lowest BCUT2D eigenvalue weighted by molar-refractivity contribution is 0.601. The van der Waals surface area contributed by atoms with Gasteiger partial charge in [-0.2, -0.15) is 0 Å². The lowest BCUT2D eigenvalue weighted by atomic mass is 10.2. The molecular weight excluding hydrogens is 330 g/mol. The van der Waals surface area contributed by atoms with E-state index < -0.39 is 10.0 Å². The molecule has 0 radical (unpaired) electrons. The molecule has 7 heteroatoms. The molecule has 1 heterocycles. The zero-order valence-corrected chi connectivity index (χ0v) is 14.0. The number of rotatable bonds is 4. The Morgan fingerprint density at radius 3 is 2.57 bits per heavy atom. The van der Waals surface area contributed by atoms with Crippen LogP contribution in [-0.2, 0) is 10.0 Å². The predicted octanol–water partition coefficient (Wildman–Crippen LogP) is 3.50. The summed E-state index contributed by atoms with van der Waals surface area (Å²) in [7, 11) is -3.68. The molecule has 3 N–H and O–H groups in total. The lowest BCUT2D eigenvalue weighted by Crippen LogP contribution is -2.13. The number of nitrogens with zero attached hydrogens (tertiary/aromatic N) is 1. The molecule has 5 nitrogen and oxygen atoms in total. The van der Waals surface area contributed by atoms with Crippen LogP contribution in [0.1, 0.15) is 5.56 Å². The van der Waals surface area contributed by atoms with Gasteiger partial charge in [-0.05, 0) is 30.7 Å². The molecule has 0 saturated heterocycles. The van der Waals surface area contributed by atoms with Crippen LogP contribution in [0, 0.1) is 6.92 Å². The van der Waals surface area contributed by atoms with Crippen LogP contribution in [-0.4, -0.2) is 13.4 Å². The first-order valence-corrected chi connectivity index (χ1v) is 9.22. The molecule has 1 aromatic heterocycles. The Kier molecular flexibility index (Phi) is 4.06. The van der Waals surface area contributed by atoms with Crippen molar-refractivity contribution in [3.05, 3.63) is 59.5 Å². The van der Waals surface area contributed by atoms with Gasteiger partial charge in [0.25, 0.3) is 10.0 Å². The van der Waals surface area contributed by atoms with Crippen molar-refractivity contribution >= 4 is 32.2 Å². The predicted molar refractivity (Wildman–Crippen MR) is 93.9 cm³/mol. The number of anilines is 2. The number of thiazole rings is 1. The van der Waals surface area contributed by atoms with E-state index in [9.17, 15) is 8.42 Å². The van der Waals surface area contributed by atoms with Crippen LogP contribution in [0.4, 0.5) is 10.8 Å². The molecule has 0 fully saturated rings. The maximum absolute atomic E-state index is 12.4. The summed E-state index contributed by atoms with van der Waals surface area (Å²) in [5, 5.41) is 2.15. The summed E-state index contributed by atoms with van der Waals surface area (Å²) < 4.78 is 27.4. The average molecular weight is 345 g/mol. The van der Waals surface area contributed by atoms with E-state index >= 15 is 0 Å². The Morgan fingerprint density at radius 2 is 1.87 bits per heavy atom. The maximum atomic E-state index is 12.4. The number of aryl methyl sites for hydroxylation is 1. The van der Waals surface area contributed by atoms with Gasteiger partial charge in [0.15, 0.2) is 5.13 Å². The Bertz CT molecular complexity index is 935. The minimum Gasteiger partial charge on any atom is -0.399 e. The molecule has 0 aliphatic rings. The van der Waals surface area contributed by atoms with Gasteiger partial charge in [-0.15, -0.1) is 11.3 Å². The van der Waals surface area contributed by atoms with Crippen molar-refractivity contribution in [2.24, 2.45) is 0 Å². The second-order valence-electron chi connectivity index (χ2n) is 5.03. The van der Waals surface area contributed by atoms with Crippen LogP contribution in [0.2, 0.25) is 0 Å². The van der Waals surface area contributed by atoms with Gasteiger partial charge in [0.1, 0.15) is 0 Å². The van der Waals surface area contributed by atoms with E-state index in [1.165, 1.54) is 17.4 Å². The third-order valence-electron chi connectivity index (χ3n) is 3.35. The highest BCUT2D eigenvalue weighted by atomic mass is 32.2. The molecule has 0 aliphatic heterocycles. The van der Waals surface area contributed by atoms with Crippen LogP contribution in [0.3, 0.4) is 0 Å². The summed E-state index contributed by atoms with van der Waals surface area (Å²) in [5.41, 5.74) is 8.69. The number of benzene rings is 2. The van der Waals surface area contributed by atoms with Gasteiger partial charge in [-0.3, -0.25) is 4.72 Å². The van der Waals surface area contributed by atoms with Gasteiger partial charge in [0, 0.05) is 16.6 Å². The van der Waals surface area contributed by atoms with Gasteiger partial charge in [0.2, 0.25) is 0 Å². The standard InChI is InChI=1S/C16H15N3O2S2/c1-11-9-13(7-8-14(11)17)23(20,21)19-16-18-15(10-22-16)12-5-3-2-4-6-12/h2-10H,17H2,1H3,(H,18,19). The monoisotopic (exact) mass is 345 g/mol. The topological polar surface area (TPSA) is 85.1 Å². The van der Waals surface area contributed by atoms with Crippen LogP contribution in [0.5, 0.6) is 0 Å². The highest BCUT2D eigenvalue weighted by Crippen LogP contribution is 2.27. The fraction of sp³-hybridized carbons (Fsp3) is 0.0625. The Balaban J connectivity index is 1.86. The number of hydrogen-bond donors (Lipinski definition) is 2. The van der Waals surface area contributed by atoms with Crippen LogP contribution in [0.15, 0.2) is 58.8 Å². The number of nitrogens with one attached hydrogen (secondary N) is 1. The Labute approximate surface area is 138 Å². The van der Waals surface area contributed by atoms with E-state index in [0.29, 0.717) is 10.8 Å². The van der Waals surface area contributed by atoms with Gasteiger partial charge in [-0.25, -0.2) is 13.4 Å². The molecule has 0 aliphatic carbocycles. The molecule has 3 aromatic rings. The fourth-order valence-corrected chi connectivity index (χ4v) is 4.11. The molecule has 118 valence electrons. The molecule has 3 rings (SSSR count). The molecule has 2 aromatic carbocycles. The molecule has 0 spiro atoms. The third kappa shape index (κ3) is 3.35. The molecule has 0 saturated carbocycles. The Hall–Kier alpha value is -2.38. The fourth-order valence-electron chi connectivity index (χ4n) is 2.05. The SMILES string of the molecule is Cc1cc(S(=O)(=O)Nc2nc(-c3ccccc3)cs2)ccc1N. The van der Waals surface area contributed by atoms with Crippen molar-refractivity contribution in [3.63, 3.8) is 0 Å². The summed E-state index contributed by atoms with van der Waals surface area (Å²) in [6, 6.07) is 14.2. The highest BCUT2D eigenvalue weighted by Gasteiger charge is 2.17. The average Bonchev–Trinajstić information content (AvgIpc) is 2.98. The maximum Gasteiger partial charge on any atom is 0.263 e. The number of nitrogens with two attached hydrogens (primary N) is 1. The van der Waals surface area contributed by atoms with Crippen molar-refractivity contribution in [1.29, 1.82) is 0 Å². The quantitative estimate of drug-likeness (QED) is 0.709. The highest BCUT2D eigenvalue weighted by molar-refractivity contribution is 7.93. The second kappa shape index (κ2) is 6.02. The summed E-state index contributed by atoms with van der Waals surface area (Å²) in [5.74, 6) is 0. The summed E-state index contributed by atoms with van der Waals surface area (Å²) in [6.45, 7) is 1.77. The minimum absolute atomic E-state index is 0.167. The molecule has 0 amide bonds. The van der Waals surface area contributed by atoms with Crippen LogP contribution < -0.4 is 10.5 Å². The first-order valence-electron chi connectivity index (χ1n) is 6.85. The van der Waals surface area contributed by atoms with Crippen molar-refractivity contribution < 1.29 is 8.42 Å². The van der Waals surface area contributed by atoms with E-state index in [-0.39, 0.29) is 4.90 Å². The number of sulfonamides is 1. The number of aromatic nitrogens is 1. The van der Waals surface area contributed by atoms with Crippen molar-refractivity contribution in [2.45, 2.75) is 11.8 Å². The zero-order chi connectivity index (χ0) is 16.4. The third-order valence-corrected chi connectivity index (χ3v) is 5.57. The first-order chi connectivity index (χ1) is 11.0. The molecule has 0 bridgehead atoms. The molecule has 23 heavy (non-hydrogen) atoms. The van der Waals surface area contributed by atoms with E-state index in [1.54, 1.807) is 19.1 Å². The van der Waals surface area contributed by atoms with Gasteiger partial charge >= 0.3 is 0 Å². The summed E-state index contributed by atoms with van der Waals surface area (Å²) >= 11 is 1.25. The molecular formula is C16H15N3O2S2. The zero-order valence-electron chi connectivity index (χ0n) is 12.4. The number of hydrogen-bond acceptors (Lipinski definition) is 5. The molecule has 0 unspecified atom stereocenters. The van der Waals surface area contributed by atoms with Crippen molar-refractivity contribution in [3.8, 4) is 11.3 Å². The van der Waals surface area contributed by atoms with Crippen molar-refractivity contribution in [1.82, 2.24) is 4.98 Å². The van der Waals surface area contributed by atoms with E-state index in [0.717, 1.165) is 16.8 Å². The largest absolute Gasteiger partial charge is 0.399 e. The normalized spacial score (nSPS) is 11.3. The van der Waals surface area contributed by atoms with Crippen LogP contribution >= 0.6 is 11.3 Å². The van der Waals surface area contributed by atoms with Gasteiger partial charge in [0.05, 0.1) is 10.6 Å². The van der Waals surface area contributed by atoms with E-state index in [4.69, 9.17) is 5.73 Å². The smallest absolute Gasteiger partial charge is 0.263 e. The molecule has 0 atom stereocenters. The Morgan fingerprint density at radius 1 is 1.13 bits per heavy atom. The van der Waals surface area contributed by atoms with Gasteiger partial charge < -0.3 is 5.73 Å². The number of nitrogen functional groups attached to an aromatic ring is 1. The summed E-state index contributed by atoms with van der Waals surface area (Å²) in [6.07, 6.45) is 0. The van der Waals surface area contributed by atoms with Crippen LogP contribution in [0.25, 0.3) is 11.3 Å². The van der Waals surface area contributed by atoms with E-state index in [1.807, 2.05) is 35.7 Å². The van der Waals surface area contributed by atoms with Crippen molar-refractivity contribution in [2.75, 3.05) is 10.5 Å². The minimum atomic E-state index is -3.68. The van der Waals surface area contributed by atoms with Gasteiger partial charge in [-0.1, -0.05) is 30.3 Å². The van der Waals surface area contributed by atoms with E-state index in [2.05, 4.69) is 9.71 Å². The second-order valence-corrected chi connectivity index (χ2v) is 7.57. The first kappa shape index (κ1) is 15.5.